The largest absolute Gasteiger partial charge is 0.489 e. The topological polar surface area (TPSA) is 58.9 Å². The molecule has 0 aliphatic rings. The van der Waals surface area contributed by atoms with E-state index in [4.69, 9.17) is 55.9 Å². The van der Waals surface area contributed by atoms with Crippen LogP contribution in [0.3, 0.4) is 0 Å². The number of ether oxygens (including phenoxy) is 2. The minimum atomic E-state index is -1.18. The summed E-state index contributed by atoms with van der Waals surface area (Å²) >= 11 is 23.5. The van der Waals surface area contributed by atoms with E-state index in [1.54, 1.807) is 24.3 Å². The Hall–Kier alpha value is -0.880. The molecule has 0 saturated heterocycles. The molecular weight excluding hydrogens is 398 g/mol. The van der Waals surface area contributed by atoms with Gasteiger partial charge >= 0.3 is 0 Å². The molecule has 130 valence electrons. The highest BCUT2D eigenvalue weighted by Gasteiger charge is 2.19. The molecule has 0 spiro atoms. The van der Waals surface area contributed by atoms with E-state index in [2.05, 4.69) is 0 Å². The second kappa shape index (κ2) is 8.99. The predicted molar refractivity (Wildman–Crippen MR) is 95.9 cm³/mol. The zero-order valence-electron chi connectivity index (χ0n) is 12.3. The zero-order chi connectivity index (χ0) is 17.7. The van der Waals surface area contributed by atoms with Crippen molar-refractivity contribution in [1.29, 1.82) is 0 Å². The molecule has 0 heterocycles. The average molecular weight is 412 g/mol. The molecule has 24 heavy (non-hydrogen) atoms. The molecule has 0 aliphatic carbocycles. The van der Waals surface area contributed by atoms with Gasteiger partial charge in [0.05, 0.1) is 10.0 Å². The molecular formula is C16H14Cl4O4. The van der Waals surface area contributed by atoms with E-state index in [0.717, 1.165) is 0 Å². The summed E-state index contributed by atoms with van der Waals surface area (Å²) in [5, 5.41) is 21.4. The van der Waals surface area contributed by atoms with Gasteiger partial charge in [0.15, 0.2) is 0 Å². The molecule has 2 unspecified atom stereocenters. The molecule has 4 nitrogen and oxygen atoms in total. The van der Waals surface area contributed by atoms with Gasteiger partial charge in [-0.1, -0.05) is 46.4 Å². The van der Waals surface area contributed by atoms with E-state index < -0.39 is 12.2 Å². The lowest BCUT2D eigenvalue weighted by atomic mass is 10.2. The first-order chi connectivity index (χ1) is 11.4. The Morgan fingerprint density at radius 1 is 0.708 bits per heavy atom. The molecule has 0 aromatic heterocycles. The normalized spacial score (nSPS) is 13.4. The second-order valence-corrected chi connectivity index (χ2v) is 6.59. The van der Waals surface area contributed by atoms with Crippen LogP contribution in [0.4, 0.5) is 0 Å². The van der Waals surface area contributed by atoms with Crippen LogP contribution in [0.15, 0.2) is 36.4 Å². The standard InChI is InChI=1S/C16H14Cl4O4/c17-9-1-3-15(11(19)5-9)23-7-13(21)14(22)8-24-16-4-2-10(18)6-12(16)20/h1-6,13-14,21-22H,7-8H2. The minimum Gasteiger partial charge on any atom is -0.489 e. The van der Waals surface area contributed by atoms with Gasteiger partial charge in [0.1, 0.15) is 36.9 Å². The molecule has 2 aromatic carbocycles. The van der Waals surface area contributed by atoms with Crippen molar-refractivity contribution in [1.82, 2.24) is 0 Å². The molecule has 0 bridgehead atoms. The fraction of sp³-hybridized carbons (Fsp3) is 0.250. The van der Waals surface area contributed by atoms with Gasteiger partial charge in [-0.3, -0.25) is 0 Å². The third-order valence-electron chi connectivity index (χ3n) is 3.05. The van der Waals surface area contributed by atoms with Gasteiger partial charge in [-0.05, 0) is 36.4 Å². The van der Waals surface area contributed by atoms with Crippen molar-refractivity contribution in [2.45, 2.75) is 12.2 Å². The molecule has 0 amide bonds. The van der Waals surface area contributed by atoms with Crippen LogP contribution in [0.25, 0.3) is 0 Å². The van der Waals surface area contributed by atoms with Crippen molar-refractivity contribution in [2.75, 3.05) is 13.2 Å². The minimum absolute atomic E-state index is 0.166. The number of hydrogen-bond donors (Lipinski definition) is 2. The highest BCUT2D eigenvalue weighted by molar-refractivity contribution is 6.36. The Kier molecular flexibility index (Phi) is 7.29. The third-order valence-corrected chi connectivity index (χ3v) is 4.11. The fourth-order valence-corrected chi connectivity index (χ4v) is 2.68. The van der Waals surface area contributed by atoms with E-state index in [1.165, 1.54) is 12.1 Å². The van der Waals surface area contributed by atoms with Gasteiger partial charge in [-0.2, -0.15) is 0 Å². The first kappa shape index (κ1) is 19.4. The quantitative estimate of drug-likeness (QED) is 0.705. The van der Waals surface area contributed by atoms with Gasteiger partial charge < -0.3 is 19.7 Å². The van der Waals surface area contributed by atoms with Crippen LogP contribution in [0.5, 0.6) is 11.5 Å². The number of rotatable bonds is 7. The molecule has 8 heteroatoms. The summed E-state index contributed by atoms with van der Waals surface area (Å²) in [5.74, 6) is 0.711. The Bertz CT molecular complexity index is 636. The van der Waals surface area contributed by atoms with Crippen LogP contribution >= 0.6 is 46.4 Å². The van der Waals surface area contributed by atoms with E-state index >= 15 is 0 Å². The van der Waals surface area contributed by atoms with Crippen molar-refractivity contribution in [3.63, 3.8) is 0 Å². The first-order valence-corrected chi connectivity index (χ1v) is 8.40. The van der Waals surface area contributed by atoms with Crippen molar-refractivity contribution < 1.29 is 19.7 Å². The van der Waals surface area contributed by atoms with Gasteiger partial charge in [0, 0.05) is 10.0 Å². The van der Waals surface area contributed by atoms with Gasteiger partial charge in [0.25, 0.3) is 0 Å². The van der Waals surface area contributed by atoms with Crippen molar-refractivity contribution >= 4 is 46.4 Å². The Balaban J connectivity index is 1.84. The molecule has 0 aliphatic heterocycles. The molecule has 0 radical (unpaired) electrons. The van der Waals surface area contributed by atoms with Crippen LogP contribution in [-0.2, 0) is 0 Å². The van der Waals surface area contributed by atoms with Crippen molar-refractivity contribution in [3.8, 4) is 11.5 Å². The predicted octanol–water partition coefficient (Wildman–Crippen LogP) is 4.48. The lowest BCUT2D eigenvalue weighted by Gasteiger charge is -2.19. The van der Waals surface area contributed by atoms with Crippen LogP contribution in [-0.4, -0.2) is 35.6 Å². The lowest BCUT2D eigenvalue weighted by Crippen LogP contribution is -2.36. The lowest BCUT2D eigenvalue weighted by molar-refractivity contribution is -0.0288. The molecule has 0 saturated carbocycles. The second-order valence-electron chi connectivity index (χ2n) is 4.91. The SMILES string of the molecule is OC(COc1ccc(Cl)cc1Cl)C(O)COc1ccc(Cl)cc1Cl. The third kappa shape index (κ3) is 5.59. The summed E-state index contributed by atoms with van der Waals surface area (Å²) in [5.41, 5.74) is 0. The average Bonchev–Trinajstić information content (AvgIpc) is 2.52. The van der Waals surface area contributed by atoms with Gasteiger partial charge in [-0.25, -0.2) is 0 Å². The summed E-state index contributed by atoms with van der Waals surface area (Å²) in [6.45, 7) is -0.333. The van der Waals surface area contributed by atoms with Gasteiger partial charge in [0.2, 0.25) is 0 Å². The van der Waals surface area contributed by atoms with Crippen LogP contribution < -0.4 is 9.47 Å². The van der Waals surface area contributed by atoms with E-state index in [9.17, 15) is 10.2 Å². The van der Waals surface area contributed by atoms with E-state index in [1.807, 2.05) is 0 Å². The number of halogens is 4. The molecule has 0 fully saturated rings. The zero-order valence-corrected chi connectivity index (χ0v) is 15.3. The maximum atomic E-state index is 9.94. The summed E-state index contributed by atoms with van der Waals surface area (Å²) < 4.78 is 10.7. The highest BCUT2D eigenvalue weighted by atomic mass is 35.5. The Labute approximate surface area is 159 Å². The number of hydrogen-bond acceptors (Lipinski definition) is 4. The fourth-order valence-electron chi connectivity index (χ4n) is 1.76. The smallest absolute Gasteiger partial charge is 0.138 e. The Morgan fingerprint density at radius 3 is 1.42 bits per heavy atom. The molecule has 2 rings (SSSR count). The van der Waals surface area contributed by atoms with Crippen molar-refractivity contribution in [3.05, 3.63) is 56.5 Å². The van der Waals surface area contributed by atoms with Gasteiger partial charge in [-0.15, -0.1) is 0 Å². The maximum absolute atomic E-state index is 9.94. The van der Waals surface area contributed by atoms with E-state index in [-0.39, 0.29) is 13.2 Å². The molecule has 2 aromatic rings. The van der Waals surface area contributed by atoms with E-state index in [0.29, 0.717) is 31.6 Å². The number of aliphatic hydroxyl groups excluding tert-OH is 2. The summed E-state index contributed by atoms with van der Waals surface area (Å²) in [6.07, 6.45) is -2.36. The van der Waals surface area contributed by atoms with Crippen LogP contribution in [0, 0.1) is 0 Å². The van der Waals surface area contributed by atoms with Crippen LogP contribution in [0.2, 0.25) is 20.1 Å². The Morgan fingerprint density at radius 2 is 1.08 bits per heavy atom. The summed E-state index contributed by atoms with van der Waals surface area (Å²) in [6, 6.07) is 9.41. The summed E-state index contributed by atoms with van der Waals surface area (Å²) in [4.78, 5) is 0. The summed E-state index contributed by atoms with van der Waals surface area (Å²) in [7, 11) is 0. The maximum Gasteiger partial charge on any atom is 0.138 e. The highest BCUT2D eigenvalue weighted by Crippen LogP contribution is 2.28. The van der Waals surface area contributed by atoms with Crippen molar-refractivity contribution in [2.24, 2.45) is 0 Å². The first-order valence-electron chi connectivity index (χ1n) is 6.88. The monoisotopic (exact) mass is 410 g/mol. The molecule has 2 N–H and O–H groups in total. The molecule has 2 atom stereocenters. The number of aliphatic hydroxyl groups is 2. The van der Waals surface area contributed by atoms with Crippen LogP contribution in [0.1, 0.15) is 0 Å². The number of benzene rings is 2.